The van der Waals surface area contributed by atoms with Gasteiger partial charge >= 0.3 is 0 Å². The topological polar surface area (TPSA) is 82.0 Å². The maximum atomic E-state index is 11.1. The van der Waals surface area contributed by atoms with E-state index >= 15 is 0 Å². The summed E-state index contributed by atoms with van der Waals surface area (Å²) in [6.45, 7) is 1.69. The minimum atomic E-state index is -0.447. The fourth-order valence-electron chi connectivity index (χ4n) is 1.33. The summed E-state index contributed by atoms with van der Waals surface area (Å²) >= 11 is 0. The van der Waals surface area contributed by atoms with Crippen LogP contribution in [0.25, 0.3) is 0 Å². The predicted octanol–water partition coefficient (Wildman–Crippen LogP) is 0.586. The van der Waals surface area contributed by atoms with Crippen molar-refractivity contribution in [2.75, 3.05) is 0 Å². The fraction of sp³-hybridized carbons (Fsp3) is 0.556. The monoisotopic (exact) mass is 194 g/mol. The summed E-state index contributed by atoms with van der Waals surface area (Å²) < 4.78 is 4.81. The van der Waals surface area contributed by atoms with Crippen molar-refractivity contribution in [3.63, 3.8) is 0 Å². The van der Waals surface area contributed by atoms with Gasteiger partial charge in [0.25, 0.3) is 0 Å². The van der Waals surface area contributed by atoms with E-state index in [1.54, 1.807) is 6.92 Å². The summed E-state index contributed by atoms with van der Waals surface area (Å²) in [6, 6.07) is 0. The lowest BCUT2D eigenvalue weighted by molar-refractivity contribution is -0.116. The van der Waals surface area contributed by atoms with Gasteiger partial charge < -0.3 is 10.3 Å². The largest absolute Gasteiger partial charge is 0.369 e. The first-order valence-corrected chi connectivity index (χ1v) is 4.63. The van der Waals surface area contributed by atoms with Crippen LogP contribution in [0.5, 0.6) is 0 Å². The van der Waals surface area contributed by atoms with Crippen LogP contribution in [-0.4, -0.2) is 16.0 Å². The summed E-state index contributed by atoms with van der Waals surface area (Å²) in [5.41, 5.74) is 5.26. The zero-order valence-corrected chi connectivity index (χ0v) is 7.99. The van der Waals surface area contributed by atoms with Crippen LogP contribution in [0.1, 0.15) is 31.0 Å². The molecule has 2 N–H and O–H groups in total. The number of carbonyl (C=O) groups excluding carboxylic acids is 1. The van der Waals surface area contributed by atoms with E-state index in [1.165, 1.54) is 0 Å². The highest BCUT2D eigenvalue weighted by Gasteiger charge is 2.32. The van der Waals surface area contributed by atoms with Gasteiger partial charge in [-0.25, -0.2) is 0 Å². The number of aryl methyl sites for hydroxylation is 1. The van der Waals surface area contributed by atoms with Crippen molar-refractivity contribution >= 4 is 5.91 Å². The number of hydrogen-bond donors (Lipinski definition) is 1. The second-order valence-corrected chi connectivity index (χ2v) is 3.63. The Morgan fingerprint density at radius 1 is 1.64 bits per heavy atom. The number of aromatic nitrogens is 2. The smallest absolute Gasteiger partial charge is 0.233 e. The molecule has 1 aromatic rings. The predicted molar refractivity (Wildman–Crippen MR) is 47.9 cm³/mol. The molecule has 5 heteroatoms. The maximum Gasteiger partial charge on any atom is 0.233 e. The third-order valence-corrected chi connectivity index (χ3v) is 2.28. The van der Waals surface area contributed by atoms with Crippen molar-refractivity contribution in [1.82, 2.24) is 10.1 Å². The molecule has 0 aromatic carbocycles. The summed E-state index contributed by atoms with van der Waals surface area (Å²) in [4.78, 5) is 15.1. The van der Waals surface area contributed by atoms with E-state index in [2.05, 4.69) is 10.1 Å². The average molecular weight is 194 g/mol. The molecule has 1 fully saturated rings. The van der Waals surface area contributed by atoms with Gasteiger partial charge in [0.2, 0.25) is 11.8 Å². The van der Waals surface area contributed by atoms with Gasteiger partial charge in [0.05, 0.1) is 0 Å². The van der Waals surface area contributed by atoms with Crippen LogP contribution in [-0.2, 0) is 4.79 Å². The molecule has 2 rings (SSSR count). The molecule has 1 amide bonds. The van der Waals surface area contributed by atoms with E-state index in [1.807, 2.05) is 0 Å². The van der Waals surface area contributed by atoms with E-state index in [4.69, 9.17) is 10.3 Å². The summed E-state index contributed by atoms with van der Waals surface area (Å²) in [6.07, 6.45) is 3.00. The zero-order chi connectivity index (χ0) is 10.1. The van der Waals surface area contributed by atoms with E-state index in [9.17, 15) is 4.79 Å². The Hall–Kier alpha value is -1.39. The van der Waals surface area contributed by atoms with Crippen LogP contribution in [0.3, 0.4) is 0 Å². The van der Waals surface area contributed by atoms with Crippen molar-refractivity contribution in [3.8, 4) is 0 Å². The number of rotatable bonds is 4. The molecule has 1 saturated carbocycles. The molecule has 0 spiro atoms. The molecule has 0 bridgehead atoms. The molecule has 14 heavy (non-hydrogen) atoms. The van der Waals surface area contributed by atoms with Crippen LogP contribution < -0.4 is 5.73 Å². The Morgan fingerprint density at radius 2 is 2.36 bits per heavy atom. The van der Waals surface area contributed by atoms with Crippen LogP contribution in [0.2, 0.25) is 0 Å². The number of nitrogens with two attached hydrogens (primary N) is 1. The Morgan fingerprint density at radius 3 is 2.79 bits per heavy atom. The van der Waals surface area contributed by atoms with Gasteiger partial charge in [-0.15, -0.1) is 0 Å². The average Bonchev–Trinajstić information content (AvgIpc) is 2.84. The van der Waals surface area contributed by atoms with Gasteiger partial charge in [-0.2, -0.15) is 4.98 Å². The van der Waals surface area contributed by atoms with E-state index < -0.39 is 5.91 Å². The molecule has 1 aliphatic carbocycles. The molecule has 0 atom stereocenters. The number of hydrogen-bond acceptors (Lipinski definition) is 4. The Balaban J connectivity index is 2.12. The minimum absolute atomic E-state index is 0.349. The number of amides is 1. The highest BCUT2D eigenvalue weighted by atomic mass is 16.5. The van der Waals surface area contributed by atoms with Gasteiger partial charge in [-0.3, -0.25) is 4.79 Å². The van der Waals surface area contributed by atoms with Gasteiger partial charge in [0, 0.05) is 6.92 Å². The molecule has 1 heterocycles. The maximum absolute atomic E-state index is 11.1. The molecule has 0 unspecified atom stereocenters. The lowest BCUT2D eigenvalue weighted by Gasteiger charge is -2.05. The first-order valence-electron chi connectivity index (χ1n) is 4.63. The molecule has 1 radical (unpaired) electrons. The molecule has 0 aliphatic heterocycles. The van der Waals surface area contributed by atoms with Crippen molar-refractivity contribution < 1.29 is 9.32 Å². The minimum Gasteiger partial charge on any atom is -0.369 e. The molecule has 1 aliphatic rings. The number of primary amides is 1. The highest BCUT2D eigenvalue weighted by molar-refractivity contribution is 5.91. The highest BCUT2D eigenvalue weighted by Crippen LogP contribution is 2.37. The first kappa shape index (κ1) is 9.18. The molecule has 75 valence electrons. The fourth-order valence-corrected chi connectivity index (χ4v) is 1.33. The van der Waals surface area contributed by atoms with Crippen molar-refractivity contribution in [2.45, 2.75) is 26.2 Å². The van der Waals surface area contributed by atoms with Gasteiger partial charge in [-0.1, -0.05) is 18.0 Å². The molecular formula is C9H12N3O2. The Labute approximate surface area is 81.7 Å². The molecule has 1 aromatic heterocycles. The quantitative estimate of drug-likeness (QED) is 0.760. The molecule has 5 nitrogen and oxygen atoms in total. The molecular weight excluding hydrogens is 182 g/mol. The Kier molecular flexibility index (Phi) is 2.23. The third kappa shape index (κ3) is 1.92. The second-order valence-electron chi connectivity index (χ2n) is 3.63. The van der Waals surface area contributed by atoms with Gasteiger partial charge in [-0.05, 0) is 12.3 Å². The van der Waals surface area contributed by atoms with Crippen LogP contribution in [0, 0.1) is 18.8 Å². The SMILES string of the molecule is Cc1nc([C](CC2CC2)C(N)=O)no1. The second kappa shape index (κ2) is 3.40. The Bertz CT molecular complexity index is 344. The van der Waals surface area contributed by atoms with Crippen LogP contribution >= 0.6 is 0 Å². The summed E-state index contributed by atoms with van der Waals surface area (Å²) in [7, 11) is 0. The van der Waals surface area contributed by atoms with E-state index in [0.29, 0.717) is 30.0 Å². The van der Waals surface area contributed by atoms with E-state index in [0.717, 1.165) is 12.8 Å². The van der Waals surface area contributed by atoms with Crippen LogP contribution in [0.4, 0.5) is 0 Å². The standard InChI is InChI=1S/C9H12N3O2/c1-5-11-9(12-14-5)7(8(10)13)4-6-2-3-6/h6H,2-4H2,1H3,(H2,10,13). The van der Waals surface area contributed by atoms with Gasteiger partial charge in [0.1, 0.15) is 5.92 Å². The zero-order valence-electron chi connectivity index (χ0n) is 7.99. The normalized spacial score (nSPS) is 16.1. The third-order valence-electron chi connectivity index (χ3n) is 2.28. The summed E-state index contributed by atoms with van der Waals surface area (Å²) in [5.74, 6) is 1.43. The van der Waals surface area contributed by atoms with Crippen molar-refractivity contribution in [3.05, 3.63) is 17.6 Å². The first-order chi connectivity index (χ1) is 6.66. The van der Waals surface area contributed by atoms with E-state index in [-0.39, 0.29) is 0 Å². The lowest BCUT2D eigenvalue weighted by Crippen LogP contribution is -2.23. The van der Waals surface area contributed by atoms with Gasteiger partial charge in [0.15, 0.2) is 5.82 Å². The van der Waals surface area contributed by atoms with Crippen LogP contribution in [0.15, 0.2) is 4.52 Å². The molecule has 0 saturated heterocycles. The summed E-state index contributed by atoms with van der Waals surface area (Å²) in [5, 5.41) is 3.69. The van der Waals surface area contributed by atoms with Crippen molar-refractivity contribution in [1.29, 1.82) is 0 Å². The number of nitrogens with zero attached hydrogens (tertiary/aromatic N) is 2. The lowest BCUT2D eigenvalue weighted by atomic mass is 10.0. The van der Waals surface area contributed by atoms with Crippen molar-refractivity contribution in [2.24, 2.45) is 11.7 Å². The number of carbonyl (C=O) groups is 1.